The van der Waals surface area contributed by atoms with Crippen molar-refractivity contribution in [2.45, 2.75) is 137 Å². The third-order valence-electron chi connectivity index (χ3n) is 21.6. The molecule has 0 spiro atoms. The molecule has 4 radical (unpaired) electrons. The van der Waals surface area contributed by atoms with E-state index in [1.165, 1.54) is 148 Å². The van der Waals surface area contributed by atoms with Gasteiger partial charge < -0.3 is 34.6 Å². The van der Waals surface area contributed by atoms with Gasteiger partial charge in [-0.3, -0.25) is 9.59 Å². The fraction of sp³-hybridized carbons (Fsp3) is 0.180. The SMILES string of the molecule is CC(=O)C(C)=C(C)O.CC(=O)C=C(C)O.Cc1[c-]c(-c2[c-]c3ccc(-c4ccccc4)cc3c(CC(C)C)c2)cc(C)c1.Cc1[c-]c(-c2[c-]c3ccc(C)cc3c(CC(C)C)c2)cc(C)c1.Cc1ccc(-c2[c-]cccc2)nc1.Cc1ccc(-c2[c-]cccc2)nc1.Cc1ccnc(-c2[c-]cc3oc4ccccc4c3c2)c1.Cc1ccnc(-c2[c-]cc3sc4ccccc4c3c2)c1.[Ir].[Ir].[Ir].[Ir]. The Morgan fingerprint density at radius 3 is 1.28 bits per heavy atom. The molecule has 700 valence electrons. The quantitative estimate of drug-likeness (QED) is 0.0656. The normalized spacial score (nSPS) is 10.8. The number of aliphatic hydroxyl groups is 2. The molecule has 6 heterocycles. The maximum absolute atomic E-state index is 10.4. The minimum Gasteiger partial charge on any atom is -0.512 e. The molecule has 0 amide bonds. The number of benzene rings is 13. The van der Waals surface area contributed by atoms with E-state index in [0.29, 0.717) is 17.4 Å². The van der Waals surface area contributed by atoms with Gasteiger partial charge in [0.1, 0.15) is 5.58 Å². The van der Waals surface area contributed by atoms with Gasteiger partial charge in [0.2, 0.25) is 0 Å². The van der Waals surface area contributed by atoms with Crippen LogP contribution in [-0.4, -0.2) is 41.7 Å². The van der Waals surface area contributed by atoms with Gasteiger partial charge in [-0.15, -0.1) is 188 Å². The van der Waals surface area contributed by atoms with Gasteiger partial charge in [-0.1, -0.05) is 221 Å². The maximum Gasteiger partial charge on any atom is 0.158 e. The summed E-state index contributed by atoms with van der Waals surface area (Å²) >= 11 is 1.82. The van der Waals surface area contributed by atoms with Crippen LogP contribution in [0.3, 0.4) is 0 Å². The number of furan rings is 1. The minimum atomic E-state index is -0.125. The molecule has 0 aliphatic rings. The number of hydrogen-bond acceptors (Lipinski definition) is 10. The van der Waals surface area contributed by atoms with Crippen molar-refractivity contribution in [3.05, 3.63) is 431 Å². The zero-order valence-electron chi connectivity index (χ0n) is 80.1. The van der Waals surface area contributed by atoms with E-state index in [-0.39, 0.29) is 104 Å². The topological polar surface area (TPSA) is 139 Å². The van der Waals surface area contributed by atoms with E-state index in [1.54, 1.807) is 6.92 Å². The van der Waals surface area contributed by atoms with Crippen LogP contribution in [0.25, 0.3) is 142 Å². The number of fused-ring (bicyclic) bond motifs is 8. The zero-order chi connectivity index (χ0) is 94.1. The Labute approximate surface area is 861 Å². The summed E-state index contributed by atoms with van der Waals surface area (Å²) in [5.41, 5.74) is 31.1. The smallest absolute Gasteiger partial charge is 0.158 e. The first-order valence-corrected chi connectivity index (χ1v) is 45.3. The number of rotatable bonds is 13. The van der Waals surface area contributed by atoms with Gasteiger partial charge in [0.25, 0.3) is 0 Å². The van der Waals surface area contributed by atoms with Crippen LogP contribution in [-0.2, 0) is 103 Å². The molecular weight excluding hydrogens is 2400 g/mol. The number of Topliss-reactive ketones (excluding diaryl/α,β-unsaturated/α-hetero) is 1. The van der Waals surface area contributed by atoms with Gasteiger partial charge in [0.05, 0.1) is 17.1 Å². The van der Waals surface area contributed by atoms with Crippen LogP contribution in [0.15, 0.2) is 325 Å². The van der Waals surface area contributed by atoms with Crippen LogP contribution in [0.1, 0.15) is 124 Å². The molecule has 0 atom stereocenters. The van der Waals surface area contributed by atoms with Crippen molar-refractivity contribution in [1.29, 1.82) is 0 Å². The molecule has 0 fully saturated rings. The first-order valence-electron chi connectivity index (χ1n) is 44.5. The Kier molecular flexibility index (Phi) is 42.6. The summed E-state index contributed by atoms with van der Waals surface area (Å²) in [4.78, 5) is 37.9. The molecule has 0 saturated heterocycles. The van der Waals surface area contributed by atoms with Gasteiger partial charge in [-0.05, 0) is 173 Å². The van der Waals surface area contributed by atoms with E-state index in [9.17, 15) is 9.59 Å². The fourth-order valence-electron chi connectivity index (χ4n) is 15.1. The summed E-state index contributed by atoms with van der Waals surface area (Å²) in [5.74, 6) is 1.20. The van der Waals surface area contributed by atoms with E-state index >= 15 is 0 Å². The van der Waals surface area contributed by atoms with Gasteiger partial charge >= 0.3 is 0 Å². The molecule has 19 aromatic rings. The number of nitrogens with zero attached hydrogens (tertiary/aromatic N) is 4. The molecule has 0 aliphatic carbocycles. The van der Waals surface area contributed by atoms with Gasteiger partial charge in [0, 0.05) is 127 Å². The van der Waals surface area contributed by atoms with E-state index in [4.69, 9.17) is 14.6 Å². The molecule has 0 aliphatic heterocycles. The number of allylic oxidation sites excluding steroid dienone is 4. The summed E-state index contributed by atoms with van der Waals surface area (Å²) in [6.45, 7) is 35.4. The first-order chi connectivity index (χ1) is 63.4. The fourth-order valence-corrected chi connectivity index (χ4v) is 16.2. The number of aliphatic hydroxyl groups excluding tert-OH is 2. The average molecular weight is 2520 g/mol. The maximum atomic E-state index is 10.4. The number of aryl methyl sites for hydroxylation is 9. The second-order valence-electron chi connectivity index (χ2n) is 34.3. The molecule has 0 bridgehead atoms. The summed E-state index contributed by atoms with van der Waals surface area (Å²) in [6.07, 6.45) is 10.7. The van der Waals surface area contributed by atoms with Crippen LogP contribution >= 0.6 is 11.3 Å². The van der Waals surface area contributed by atoms with E-state index in [2.05, 4.69) is 321 Å². The predicted molar refractivity (Wildman–Crippen MR) is 552 cm³/mol. The number of ketones is 2. The molecular formula is C122H112Ir4N4O5S-8. The van der Waals surface area contributed by atoms with Gasteiger partial charge in [-0.25, -0.2) is 11.1 Å². The van der Waals surface area contributed by atoms with E-state index < -0.39 is 0 Å². The van der Waals surface area contributed by atoms with Gasteiger partial charge in [-0.2, -0.15) is 71.0 Å². The molecule has 9 nitrogen and oxygen atoms in total. The number of hydrogen-bond donors (Lipinski definition) is 2. The molecule has 0 saturated carbocycles. The van der Waals surface area contributed by atoms with Crippen LogP contribution in [0.5, 0.6) is 0 Å². The summed E-state index contributed by atoms with van der Waals surface area (Å²) < 4.78 is 8.42. The van der Waals surface area contributed by atoms with E-state index in [0.717, 1.165) is 102 Å². The third kappa shape index (κ3) is 31.5. The molecule has 2 N–H and O–H groups in total. The summed E-state index contributed by atoms with van der Waals surface area (Å²) in [5, 5.41) is 26.9. The first kappa shape index (κ1) is 109. The number of aromatic nitrogens is 4. The van der Waals surface area contributed by atoms with E-state index in [1.807, 2.05) is 147 Å². The molecule has 14 heteroatoms. The second kappa shape index (κ2) is 52.9. The summed E-state index contributed by atoms with van der Waals surface area (Å²) in [7, 11) is 0. The number of pyridine rings is 4. The van der Waals surface area contributed by atoms with Crippen molar-refractivity contribution < 1.29 is 105 Å². The van der Waals surface area contributed by atoms with Gasteiger partial charge in [0.15, 0.2) is 11.6 Å². The second-order valence-corrected chi connectivity index (χ2v) is 35.4. The molecule has 0 unspecified atom stereocenters. The number of para-hydroxylation sites is 1. The average Bonchev–Trinajstić information content (AvgIpc) is 1.14. The molecule has 19 rings (SSSR count). The Morgan fingerprint density at radius 1 is 0.360 bits per heavy atom. The van der Waals surface area contributed by atoms with Crippen molar-refractivity contribution >= 4 is 86.6 Å². The molecule has 6 aromatic heterocycles. The third-order valence-corrected chi connectivity index (χ3v) is 22.7. The van der Waals surface area contributed by atoms with Crippen molar-refractivity contribution in [3.63, 3.8) is 0 Å². The monoisotopic (exact) mass is 2520 g/mol. The van der Waals surface area contributed by atoms with Crippen LogP contribution < -0.4 is 0 Å². The molecule has 13 aromatic carbocycles. The molecule has 136 heavy (non-hydrogen) atoms. The predicted octanol–water partition coefficient (Wildman–Crippen LogP) is 32.0. The van der Waals surface area contributed by atoms with Crippen molar-refractivity contribution in [2.75, 3.05) is 0 Å². The Bertz CT molecular complexity index is 6970. The van der Waals surface area contributed by atoms with Crippen molar-refractivity contribution in [3.8, 4) is 78.4 Å². The summed E-state index contributed by atoms with van der Waals surface area (Å²) in [6, 6.07) is 122. The zero-order valence-corrected chi connectivity index (χ0v) is 90.5. The Balaban J connectivity index is 0.000000196. The van der Waals surface area contributed by atoms with Crippen LogP contribution in [0.4, 0.5) is 0 Å². The largest absolute Gasteiger partial charge is 0.512 e. The Morgan fingerprint density at radius 2 is 0.824 bits per heavy atom. The van der Waals surface area contributed by atoms with Crippen LogP contribution in [0, 0.1) is 123 Å². The standard InChI is InChI=1S/C28H26.C23H24.C18H12NO.C18H12NS.2C12H10N.C6H10O2.C5H8O2.4Ir/c1-19(2)12-27-17-26(25-14-20(3)13-21(4)15-25)16-24-11-10-23(18-28(24)27)22-8-6-5-7-9-22;1-15(2)8-22-14-21(20-10-17(4)9-18(5)11-20)13-19-7-6-16(3)12-23(19)22;2*1-12-8-9-19-16(10-12)13-6-7-18-15(11-13)14-4-2-3-5-17(14)20-18;2*1-10-7-8-12(13-9-10)11-5-3-2-4-6-11;1-4(5(2)7)6(3)8;1-4(6)3-5(2)7;;;;/h5-11,13-14,17-19H,12H2,1-4H3;6-7,9-10,12,14-15H,8H2,1-5H3;2*2-5,7-11H,1H3;2*2-5,7-9H,1H3;7H,1-3H3;3,6H,1-2H3;;;;/q2*-2;4*-1;;;;;;. The van der Waals surface area contributed by atoms with Crippen molar-refractivity contribution in [2.24, 2.45) is 11.8 Å². The minimum absolute atomic E-state index is 0. The number of carbonyl (C=O) groups is 2. The number of thiophene rings is 1. The van der Waals surface area contributed by atoms with Crippen molar-refractivity contribution in [1.82, 2.24) is 19.9 Å². The Hall–Kier alpha value is -12.0. The number of carbonyl (C=O) groups excluding carboxylic acids is 2. The van der Waals surface area contributed by atoms with Crippen LogP contribution in [0.2, 0.25) is 0 Å².